The Hall–Kier alpha value is -0.610. The molecule has 1 N–H and O–H groups in total. The van der Waals surface area contributed by atoms with Gasteiger partial charge in [0.1, 0.15) is 11.6 Å². The van der Waals surface area contributed by atoms with Crippen LogP contribution in [0.5, 0.6) is 0 Å². The summed E-state index contributed by atoms with van der Waals surface area (Å²) in [6.07, 6.45) is 2.16. The van der Waals surface area contributed by atoms with Crippen molar-refractivity contribution in [2.45, 2.75) is 30.6 Å². The number of rotatable bonds is 3. The quantitative estimate of drug-likeness (QED) is 0.889. The number of benzene rings is 1. The molecule has 1 nitrogen and oxygen atoms in total. The third-order valence-corrected chi connectivity index (χ3v) is 5.01. The zero-order chi connectivity index (χ0) is 12.5. The maximum atomic E-state index is 13.8. The van der Waals surface area contributed by atoms with Crippen LogP contribution in [-0.2, 0) is 0 Å². The number of hydrogen-bond donors (Lipinski definition) is 1. The Labute approximate surface area is 105 Å². The summed E-state index contributed by atoms with van der Waals surface area (Å²) < 4.78 is 27.0. The summed E-state index contributed by atoms with van der Waals surface area (Å²) in [6.45, 7) is 2.12. The molecule has 0 bridgehead atoms. The van der Waals surface area contributed by atoms with Crippen molar-refractivity contribution < 1.29 is 8.78 Å². The zero-order valence-corrected chi connectivity index (χ0v) is 10.9. The second-order valence-corrected chi connectivity index (χ2v) is 6.28. The van der Waals surface area contributed by atoms with Crippen LogP contribution in [0.25, 0.3) is 0 Å². The van der Waals surface area contributed by atoms with Crippen LogP contribution >= 0.6 is 11.8 Å². The Morgan fingerprint density at radius 1 is 1.41 bits per heavy atom. The molecule has 1 saturated heterocycles. The Balaban J connectivity index is 2.37. The molecule has 2 atom stereocenters. The summed E-state index contributed by atoms with van der Waals surface area (Å²) >= 11 is 1.84. The molecule has 2 rings (SSSR count). The van der Waals surface area contributed by atoms with E-state index in [9.17, 15) is 8.78 Å². The minimum atomic E-state index is -0.381. The minimum absolute atomic E-state index is 0.0522. The third-order valence-electron chi connectivity index (χ3n) is 3.42. The van der Waals surface area contributed by atoms with E-state index in [-0.39, 0.29) is 22.4 Å². The molecule has 0 aromatic heterocycles. The highest BCUT2D eigenvalue weighted by Crippen LogP contribution is 2.46. The first-order valence-corrected chi connectivity index (χ1v) is 6.81. The first-order valence-electron chi connectivity index (χ1n) is 5.83. The monoisotopic (exact) mass is 257 g/mol. The van der Waals surface area contributed by atoms with Crippen molar-refractivity contribution in [3.05, 3.63) is 35.4 Å². The fourth-order valence-electron chi connectivity index (χ4n) is 2.55. The van der Waals surface area contributed by atoms with Gasteiger partial charge < -0.3 is 5.32 Å². The van der Waals surface area contributed by atoms with Crippen LogP contribution in [-0.4, -0.2) is 17.5 Å². The summed E-state index contributed by atoms with van der Waals surface area (Å²) in [5, 5.41) is 3.14. The summed E-state index contributed by atoms with van der Waals surface area (Å²) in [7, 11) is 1.80. The Bertz CT molecular complexity index is 402. The first-order chi connectivity index (χ1) is 8.07. The molecule has 1 aliphatic rings. The molecule has 0 radical (unpaired) electrons. The maximum Gasteiger partial charge on any atom is 0.128 e. The Morgan fingerprint density at radius 3 is 2.76 bits per heavy atom. The van der Waals surface area contributed by atoms with Crippen LogP contribution in [0.2, 0.25) is 0 Å². The molecule has 4 heteroatoms. The van der Waals surface area contributed by atoms with Gasteiger partial charge in [0.05, 0.1) is 0 Å². The second-order valence-electron chi connectivity index (χ2n) is 4.65. The van der Waals surface area contributed by atoms with Gasteiger partial charge in [-0.1, -0.05) is 0 Å². The molecular weight excluding hydrogens is 240 g/mol. The summed E-state index contributed by atoms with van der Waals surface area (Å²) in [5.74, 6) is 0.374. The average molecular weight is 257 g/mol. The highest BCUT2D eigenvalue weighted by Gasteiger charge is 2.39. The standard InChI is InChI=1S/C13H17F2NS/c1-13(6-3-7-17-13)12(16-2)10-8-9(14)4-5-11(10)15/h4-5,8,12,16H,3,6-7H2,1-2H3. The number of nitrogens with one attached hydrogen (secondary N) is 1. The molecule has 0 amide bonds. The van der Waals surface area contributed by atoms with Crippen LogP contribution in [0.1, 0.15) is 31.4 Å². The highest BCUT2D eigenvalue weighted by atomic mass is 32.2. The lowest BCUT2D eigenvalue weighted by molar-refractivity contribution is 0.421. The van der Waals surface area contributed by atoms with Crippen LogP contribution < -0.4 is 5.32 Å². The Morgan fingerprint density at radius 2 is 2.18 bits per heavy atom. The van der Waals surface area contributed by atoms with E-state index in [4.69, 9.17) is 0 Å². The predicted molar refractivity (Wildman–Crippen MR) is 68.3 cm³/mol. The largest absolute Gasteiger partial charge is 0.312 e. The van der Waals surface area contributed by atoms with Crippen LogP contribution in [0.3, 0.4) is 0 Å². The molecule has 0 aliphatic carbocycles. The van der Waals surface area contributed by atoms with Crippen molar-refractivity contribution in [1.29, 1.82) is 0 Å². The molecule has 0 spiro atoms. The zero-order valence-electron chi connectivity index (χ0n) is 10.1. The molecule has 1 aliphatic heterocycles. The molecule has 1 aromatic rings. The first kappa shape index (κ1) is 12.8. The van der Waals surface area contributed by atoms with Gasteiger partial charge in [-0.25, -0.2) is 8.78 Å². The topological polar surface area (TPSA) is 12.0 Å². The SMILES string of the molecule is CNC(c1cc(F)ccc1F)C1(C)CCCS1. The Kier molecular flexibility index (Phi) is 3.73. The van der Waals surface area contributed by atoms with Gasteiger partial charge in [-0.05, 0) is 50.8 Å². The lowest BCUT2D eigenvalue weighted by Gasteiger charge is -2.33. The number of hydrogen-bond acceptors (Lipinski definition) is 2. The number of thioether (sulfide) groups is 1. The van der Waals surface area contributed by atoms with Gasteiger partial charge in [-0.2, -0.15) is 11.8 Å². The molecule has 1 fully saturated rings. The van der Waals surface area contributed by atoms with Crippen molar-refractivity contribution in [3.8, 4) is 0 Å². The summed E-state index contributed by atoms with van der Waals surface area (Å²) in [4.78, 5) is 0. The fraction of sp³-hybridized carbons (Fsp3) is 0.538. The minimum Gasteiger partial charge on any atom is -0.312 e. The summed E-state index contributed by atoms with van der Waals surface area (Å²) in [5.41, 5.74) is 0.435. The normalized spacial score (nSPS) is 26.1. The molecule has 0 saturated carbocycles. The van der Waals surface area contributed by atoms with Gasteiger partial charge in [0.15, 0.2) is 0 Å². The van der Waals surface area contributed by atoms with E-state index in [1.54, 1.807) is 7.05 Å². The van der Waals surface area contributed by atoms with E-state index in [1.165, 1.54) is 12.1 Å². The number of halogens is 2. The van der Waals surface area contributed by atoms with E-state index in [0.717, 1.165) is 24.7 Å². The van der Waals surface area contributed by atoms with E-state index in [1.807, 2.05) is 11.8 Å². The van der Waals surface area contributed by atoms with Crippen molar-refractivity contribution >= 4 is 11.8 Å². The fourth-order valence-corrected chi connectivity index (χ4v) is 4.01. The average Bonchev–Trinajstić information content (AvgIpc) is 2.72. The van der Waals surface area contributed by atoms with Gasteiger partial charge in [0.25, 0.3) is 0 Å². The van der Waals surface area contributed by atoms with Gasteiger partial charge >= 0.3 is 0 Å². The van der Waals surface area contributed by atoms with E-state index >= 15 is 0 Å². The highest BCUT2D eigenvalue weighted by molar-refractivity contribution is 8.00. The third kappa shape index (κ3) is 2.47. The summed E-state index contributed by atoms with van der Waals surface area (Å²) in [6, 6.07) is 3.53. The predicted octanol–water partition coefficient (Wildman–Crippen LogP) is 3.51. The molecule has 17 heavy (non-hydrogen) atoms. The van der Waals surface area contributed by atoms with Gasteiger partial charge in [-0.15, -0.1) is 0 Å². The van der Waals surface area contributed by atoms with Gasteiger partial charge in [-0.3, -0.25) is 0 Å². The maximum absolute atomic E-state index is 13.8. The van der Waals surface area contributed by atoms with Gasteiger partial charge in [0.2, 0.25) is 0 Å². The molecule has 1 aromatic carbocycles. The van der Waals surface area contributed by atoms with Crippen molar-refractivity contribution in [2.24, 2.45) is 0 Å². The molecule has 1 heterocycles. The lowest BCUT2D eigenvalue weighted by Crippen LogP contribution is -2.36. The van der Waals surface area contributed by atoms with Gasteiger partial charge in [0, 0.05) is 16.4 Å². The van der Waals surface area contributed by atoms with E-state index in [0.29, 0.717) is 5.56 Å². The molecular formula is C13H17F2NS. The molecule has 94 valence electrons. The van der Waals surface area contributed by atoms with Crippen molar-refractivity contribution in [1.82, 2.24) is 5.32 Å². The van der Waals surface area contributed by atoms with E-state index in [2.05, 4.69) is 12.2 Å². The van der Waals surface area contributed by atoms with Crippen LogP contribution in [0.4, 0.5) is 8.78 Å². The van der Waals surface area contributed by atoms with Crippen molar-refractivity contribution in [3.63, 3.8) is 0 Å². The van der Waals surface area contributed by atoms with Crippen molar-refractivity contribution in [2.75, 3.05) is 12.8 Å². The second kappa shape index (κ2) is 4.94. The molecule has 2 unspecified atom stereocenters. The van der Waals surface area contributed by atoms with E-state index < -0.39 is 0 Å². The smallest absolute Gasteiger partial charge is 0.128 e. The lowest BCUT2D eigenvalue weighted by atomic mass is 9.90. The van der Waals surface area contributed by atoms with Crippen LogP contribution in [0.15, 0.2) is 18.2 Å². The van der Waals surface area contributed by atoms with Crippen LogP contribution in [0, 0.1) is 11.6 Å².